The molecule has 3 aromatic rings. The van der Waals surface area contributed by atoms with Crippen molar-refractivity contribution in [2.75, 3.05) is 52.5 Å². The summed E-state index contributed by atoms with van der Waals surface area (Å²) in [6.45, 7) is 3.26. The molecule has 254 valence electrons. The minimum Gasteiger partial charge on any atom is -0.483 e. The third-order valence-corrected chi connectivity index (χ3v) is 8.52. The van der Waals surface area contributed by atoms with Crippen LogP contribution in [-0.2, 0) is 19.1 Å². The highest BCUT2D eigenvalue weighted by molar-refractivity contribution is 5.99. The first kappa shape index (κ1) is 34.1. The number of pyridine rings is 1. The van der Waals surface area contributed by atoms with Gasteiger partial charge in [-0.2, -0.15) is 0 Å². The van der Waals surface area contributed by atoms with Gasteiger partial charge in [0.15, 0.2) is 6.61 Å². The van der Waals surface area contributed by atoms with Crippen molar-refractivity contribution in [1.29, 1.82) is 0 Å². The van der Waals surface area contributed by atoms with E-state index in [0.29, 0.717) is 36.0 Å². The van der Waals surface area contributed by atoms with E-state index >= 15 is 0 Å². The maximum absolute atomic E-state index is 14.3. The number of hydrogen-bond acceptors (Lipinski definition) is 8. The van der Waals surface area contributed by atoms with Crippen molar-refractivity contribution in [2.45, 2.75) is 38.1 Å². The molecule has 48 heavy (non-hydrogen) atoms. The second-order valence-corrected chi connectivity index (χ2v) is 11.6. The molecule has 2 saturated heterocycles. The Morgan fingerprint density at radius 2 is 1.69 bits per heavy atom. The van der Waals surface area contributed by atoms with Crippen molar-refractivity contribution in [3.63, 3.8) is 0 Å². The zero-order chi connectivity index (χ0) is 34.2. The Kier molecular flexibility index (Phi) is 11.0. The van der Waals surface area contributed by atoms with Crippen molar-refractivity contribution in [3.05, 3.63) is 71.7 Å². The summed E-state index contributed by atoms with van der Waals surface area (Å²) in [6, 6.07) is 13.7. The van der Waals surface area contributed by atoms with Crippen molar-refractivity contribution in [3.8, 4) is 5.75 Å². The molecule has 2 atom stereocenters. The molecule has 2 aromatic carbocycles. The number of carbonyl (C=O) groups excluding carboxylic acids is 4. The number of carbonyl (C=O) groups is 5. The Balaban J connectivity index is 1.27. The maximum Gasteiger partial charge on any atom is 0.409 e. The average Bonchev–Trinajstić information content (AvgIpc) is 3.59. The van der Waals surface area contributed by atoms with E-state index in [1.165, 1.54) is 21.9 Å². The van der Waals surface area contributed by atoms with Gasteiger partial charge < -0.3 is 34.6 Å². The Labute approximate surface area is 276 Å². The number of rotatable bonds is 11. The first-order valence-corrected chi connectivity index (χ1v) is 15.9. The number of aromatic nitrogens is 1. The zero-order valence-electron chi connectivity index (χ0n) is 26.6. The number of halogens is 1. The fourth-order valence-electron chi connectivity index (χ4n) is 5.96. The van der Waals surface area contributed by atoms with Gasteiger partial charge in [0.1, 0.15) is 23.3 Å². The number of fused-ring (bicyclic) bond motifs is 1. The molecule has 0 radical (unpaired) electrons. The predicted molar refractivity (Wildman–Crippen MR) is 171 cm³/mol. The summed E-state index contributed by atoms with van der Waals surface area (Å²) in [5.41, 5.74) is 0.901. The molecule has 0 saturated carbocycles. The molecule has 2 aliphatic rings. The van der Waals surface area contributed by atoms with Gasteiger partial charge in [-0.15, -0.1) is 0 Å². The lowest BCUT2D eigenvalue weighted by atomic mass is 9.98. The number of nitrogens with one attached hydrogen (secondary N) is 1. The van der Waals surface area contributed by atoms with Crippen molar-refractivity contribution < 1.29 is 42.9 Å². The normalized spacial score (nSPS) is 16.8. The van der Waals surface area contributed by atoms with Crippen LogP contribution in [-0.4, -0.2) is 113 Å². The smallest absolute Gasteiger partial charge is 0.409 e. The lowest BCUT2D eigenvalue weighted by Crippen LogP contribution is -2.56. The van der Waals surface area contributed by atoms with E-state index in [1.54, 1.807) is 54.3 Å². The van der Waals surface area contributed by atoms with Gasteiger partial charge >= 0.3 is 12.1 Å². The Morgan fingerprint density at radius 3 is 2.42 bits per heavy atom. The maximum atomic E-state index is 14.3. The number of likely N-dealkylation sites (tertiary alicyclic amines) is 1. The minimum atomic E-state index is -1.17. The van der Waals surface area contributed by atoms with Crippen molar-refractivity contribution in [1.82, 2.24) is 25.0 Å². The second kappa shape index (κ2) is 15.5. The number of hydrogen-bond donors (Lipinski definition) is 2. The molecule has 4 amide bonds. The van der Waals surface area contributed by atoms with Gasteiger partial charge in [-0.05, 0) is 43.5 Å². The number of benzene rings is 2. The van der Waals surface area contributed by atoms with Crippen LogP contribution in [0.4, 0.5) is 9.18 Å². The lowest BCUT2D eigenvalue weighted by molar-refractivity contribution is -0.138. The average molecular weight is 664 g/mol. The van der Waals surface area contributed by atoms with Crippen molar-refractivity contribution in [2.24, 2.45) is 0 Å². The molecular formula is C34H38FN5O8. The molecule has 14 heteroatoms. The van der Waals surface area contributed by atoms with Crippen molar-refractivity contribution >= 4 is 40.7 Å². The lowest BCUT2D eigenvalue weighted by Gasteiger charge is -2.35. The summed E-state index contributed by atoms with van der Waals surface area (Å²) in [4.78, 5) is 72.6. The van der Waals surface area contributed by atoms with E-state index < -0.39 is 29.9 Å². The quantitative estimate of drug-likeness (QED) is 0.315. The number of ether oxygens (including phenoxy) is 2. The van der Waals surface area contributed by atoms with E-state index in [1.807, 2.05) is 0 Å². The Bertz CT molecular complexity index is 1680. The number of aliphatic carboxylic acids is 1. The van der Waals surface area contributed by atoms with Gasteiger partial charge in [0.05, 0.1) is 12.1 Å². The topological polar surface area (TPSA) is 159 Å². The third kappa shape index (κ3) is 8.17. The van der Waals surface area contributed by atoms with Gasteiger partial charge in [0, 0.05) is 63.1 Å². The van der Waals surface area contributed by atoms with E-state index in [4.69, 9.17) is 9.47 Å². The molecule has 2 unspecified atom stereocenters. The zero-order valence-corrected chi connectivity index (χ0v) is 26.6. The van der Waals surface area contributed by atoms with Gasteiger partial charge in [0.2, 0.25) is 5.91 Å². The molecule has 0 aliphatic carbocycles. The van der Waals surface area contributed by atoms with Gasteiger partial charge in [-0.3, -0.25) is 19.2 Å². The van der Waals surface area contributed by atoms with E-state index in [-0.39, 0.29) is 81.3 Å². The summed E-state index contributed by atoms with van der Waals surface area (Å²) >= 11 is 0. The molecule has 0 bridgehead atoms. The van der Waals surface area contributed by atoms with Gasteiger partial charge in [0.25, 0.3) is 11.8 Å². The SMILES string of the molecule is CCOC(=O)N1CCN(C(=O)C(CCC(=O)O)NC(=O)c2cc(OCC(=O)N3CCC(c4ccccc4F)C3)c3ccccc3n2)CC1. The Hall–Kier alpha value is -5.27. The first-order chi connectivity index (χ1) is 23.1. The molecule has 2 N–H and O–H groups in total. The van der Waals surface area contributed by atoms with Crippen LogP contribution in [0.3, 0.4) is 0 Å². The van der Waals surface area contributed by atoms with Crippen LogP contribution in [0.15, 0.2) is 54.6 Å². The molecule has 5 rings (SSSR count). The number of para-hydroxylation sites is 1. The molecule has 2 fully saturated rings. The monoisotopic (exact) mass is 663 g/mol. The molecular weight excluding hydrogens is 625 g/mol. The standard InChI is InChI=1S/C34H38FN5O8/c1-2-47-34(46)39-17-15-38(16-18-39)33(45)27(11-12-31(42)43)37-32(44)28-19-29(24-8-4-6-10-26(24)36-28)48-21-30(41)40-14-13-22(20-40)23-7-3-5-9-25(23)35/h3-10,19,22,27H,2,11-18,20-21H2,1H3,(H,37,44)(H,42,43). The molecule has 1 aromatic heterocycles. The molecule has 13 nitrogen and oxygen atoms in total. The van der Waals surface area contributed by atoms with Crippen LogP contribution in [0.5, 0.6) is 5.75 Å². The van der Waals surface area contributed by atoms with Crippen LogP contribution < -0.4 is 10.1 Å². The van der Waals surface area contributed by atoms with E-state index in [2.05, 4.69) is 10.3 Å². The number of carboxylic acid groups (broad SMARTS) is 1. The van der Waals surface area contributed by atoms with Crippen LogP contribution in [0.1, 0.15) is 48.2 Å². The highest BCUT2D eigenvalue weighted by Crippen LogP contribution is 2.30. The van der Waals surface area contributed by atoms with Crippen LogP contribution in [0, 0.1) is 5.82 Å². The molecule has 0 spiro atoms. The summed E-state index contributed by atoms with van der Waals surface area (Å²) in [7, 11) is 0. The van der Waals surface area contributed by atoms with E-state index in [9.17, 15) is 33.5 Å². The fourth-order valence-corrected chi connectivity index (χ4v) is 5.96. The summed E-state index contributed by atoms with van der Waals surface area (Å²) in [5, 5.41) is 12.5. The summed E-state index contributed by atoms with van der Waals surface area (Å²) < 4.78 is 25.3. The van der Waals surface area contributed by atoms with E-state index in [0.717, 1.165) is 0 Å². The molecule has 3 heterocycles. The number of carboxylic acids is 1. The highest BCUT2D eigenvalue weighted by Gasteiger charge is 2.32. The summed E-state index contributed by atoms with van der Waals surface area (Å²) in [5.74, 6) is -2.81. The van der Waals surface area contributed by atoms with Crippen LogP contribution >= 0.6 is 0 Å². The molecule has 2 aliphatic heterocycles. The number of piperazine rings is 1. The second-order valence-electron chi connectivity index (χ2n) is 11.6. The van der Waals surface area contributed by atoms with Gasteiger partial charge in [-0.1, -0.05) is 30.3 Å². The number of amides is 4. The highest BCUT2D eigenvalue weighted by atomic mass is 19.1. The first-order valence-electron chi connectivity index (χ1n) is 15.9. The largest absolute Gasteiger partial charge is 0.483 e. The summed E-state index contributed by atoms with van der Waals surface area (Å²) in [6.07, 6.45) is -0.379. The Morgan fingerprint density at radius 1 is 0.979 bits per heavy atom. The van der Waals surface area contributed by atoms with Gasteiger partial charge in [-0.25, -0.2) is 14.2 Å². The van der Waals surface area contributed by atoms with Crippen LogP contribution in [0.25, 0.3) is 10.9 Å². The number of nitrogens with zero attached hydrogens (tertiary/aromatic N) is 4. The predicted octanol–water partition coefficient (Wildman–Crippen LogP) is 3.03. The fraction of sp³-hybridized carbons (Fsp3) is 0.412. The minimum absolute atomic E-state index is 0.0859. The van der Waals surface area contributed by atoms with Crippen LogP contribution in [0.2, 0.25) is 0 Å². The third-order valence-electron chi connectivity index (χ3n) is 8.52.